The Kier molecular flexibility index (Phi) is 5.03. The maximum Gasteiger partial charge on any atom is 0.272 e. The number of amides is 1. The van der Waals surface area contributed by atoms with Crippen LogP contribution in [-0.2, 0) is 4.79 Å². The SMILES string of the molecule is CCN(CC)C(=O)/C(=C\c1ccco1)n1nnnc1-c1ccccc1. The summed E-state index contributed by atoms with van der Waals surface area (Å²) in [4.78, 5) is 14.7. The van der Waals surface area contributed by atoms with Crippen LogP contribution in [0.2, 0.25) is 0 Å². The van der Waals surface area contributed by atoms with Crippen LogP contribution in [0.25, 0.3) is 23.2 Å². The number of furan rings is 1. The fraction of sp³-hybridized carbons (Fsp3) is 0.222. The number of carbonyl (C=O) groups excluding carboxylic acids is 1. The molecule has 0 radical (unpaired) electrons. The highest BCUT2D eigenvalue weighted by Crippen LogP contribution is 2.21. The van der Waals surface area contributed by atoms with Gasteiger partial charge in [-0.2, -0.15) is 4.68 Å². The van der Waals surface area contributed by atoms with Crippen LogP contribution < -0.4 is 0 Å². The van der Waals surface area contributed by atoms with E-state index < -0.39 is 0 Å². The quantitative estimate of drug-likeness (QED) is 0.646. The molecule has 0 spiro atoms. The number of hydrogen-bond donors (Lipinski definition) is 0. The molecule has 2 aromatic heterocycles. The zero-order valence-corrected chi connectivity index (χ0v) is 14.2. The third kappa shape index (κ3) is 3.50. The summed E-state index contributed by atoms with van der Waals surface area (Å²) in [6, 6.07) is 13.1. The maximum absolute atomic E-state index is 13.0. The molecule has 25 heavy (non-hydrogen) atoms. The highest BCUT2D eigenvalue weighted by molar-refractivity contribution is 6.18. The Labute approximate surface area is 145 Å². The lowest BCUT2D eigenvalue weighted by atomic mass is 10.2. The fourth-order valence-corrected chi connectivity index (χ4v) is 2.51. The van der Waals surface area contributed by atoms with Gasteiger partial charge < -0.3 is 9.32 Å². The molecule has 2 heterocycles. The summed E-state index contributed by atoms with van der Waals surface area (Å²) >= 11 is 0. The fourth-order valence-electron chi connectivity index (χ4n) is 2.51. The van der Waals surface area contributed by atoms with E-state index >= 15 is 0 Å². The normalized spacial score (nSPS) is 11.5. The molecule has 3 rings (SSSR count). The maximum atomic E-state index is 13.0. The molecule has 0 N–H and O–H groups in total. The lowest BCUT2D eigenvalue weighted by Crippen LogP contribution is -2.33. The van der Waals surface area contributed by atoms with Crippen LogP contribution in [0.4, 0.5) is 0 Å². The molecule has 0 saturated carbocycles. The second kappa shape index (κ2) is 7.57. The smallest absolute Gasteiger partial charge is 0.272 e. The van der Waals surface area contributed by atoms with E-state index in [-0.39, 0.29) is 5.91 Å². The number of nitrogens with zero attached hydrogens (tertiary/aromatic N) is 5. The predicted octanol–water partition coefficient (Wildman–Crippen LogP) is 2.80. The summed E-state index contributed by atoms with van der Waals surface area (Å²) < 4.78 is 6.83. The van der Waals surface area contributed by atoms with Crippen LogP contribution in [0, 0.1) is 0 Å². The van der Waals surface area contributed by atoms with E-state index in [0.29, 0.717) is 30.4 Å². The van der Waals surface area contributed by atoms with Crippen molar-refractivity contribution in [3.63, 3.8) is 0 Å². The summed E-state index contributed by atoms with van der Waals surface area (Å²) in [6.45, 7) is 5.05. The molecule has 7 nitrogen and oxygen atoms in total. The number of carbonyl (C=O) groups is 1. The number of likely N-dealkylation sites (N-methyl/N-ethyl adjacent to an activating group) is 1. The Morgan fingerprint density at radius 1 is 1.16 bits per heavy atom. The van der Waals surface area contributed by atoms with Gasteiger partial charge in [0.15, 0.2) is 5.82 Å². The Balaban J connectivity index is 2.11. The molecular formula is C18H19N5O2. The topological polar surface area (TPSA) is 77.0 Å². The van der Waals surface area contributed by atoms with Crippen LogP contribution in [0.3, 0.4) is 0 Å². The van der Waals surface area contributed by atoms with Crippen molar-refractivity contribution >= 4 is 17.7 Å². The first-order chi connectivity index (χ1) is 12.2. The average Bonchev–Trinajstić information content (AvgIpc) is 3.33. The van der Waals surface area contributed by atoms with E-state index in [2.05, 4.69) is 15.5 Å². The van der Waals surface area contributed by atoms with Gasteiger partial charge in [-0.1, -0.05) is 30.3 Å². The third-order valence-electron chi connectivity index (χ3n) is 3.82. The molecule has 128 valence electrons. The van der Waals surface area contributed by atoms with Crippen LogP contribution in [0.15, 0.2) is 53.1 Å². The van der Waals surface area contributed by atoms with Crippen molar-refractivity contribution in [3.05, 3.63) is 54.5 Å². The molecular weight excluding hydrogens is 318 g/mol. The first-order valence-electron chi connectivity index (χ1n) is 8.13. The number of hydrogen-bond acceptors (Lipinski definition) is 5. The van der Waals surface area contributed by atoms with Gasteiger partial charge in [0.2, 0.25) is 0 Å². The minimum Gasteiger partial charge on any atom is -0.465 e. The van der Waals surface area contributed by atoms with Gasteiger partial charge in [0, 0.05) is 24.7 Å². The highest BCUT2D eigenvalue weighted by atomic mass is 16.3. The predicted molar refractivity (Wildman–Crippen MR) is 94.1 cm³/mol. The molecule has 1 amide bonds. The van der Waals surface area contributed by atoms with E-state index in [1.54, 1.807) is 29.4 Å². The molecule has 0 aliphatic carbocycles. The minimum atomic E-state index is -0.161. The minimum absolute atomic E-state index is 0.161. The molecule has 7 heteroatoms. The average molecular weight is 337 g/mol. The standard InChI is InChI=1S/C18H19N5O2/c1-3-22(4-2)18(24)16(13-15-11-8-12-25-15)23-17(19-20-21-23)14-9-6-5-7-10-14/h5-13H,3-4H2,1-2H3/b16-13+. The van der Waals surface area contributed by atoms with Crippen molar-refractivity contribution in [2.24, 2.45) is 0 Å². The molecule has 0 saturated heterocycles. The zero-order chi connectivity index (χ0) is 17.6. The van der Waals surface area contributed by atoms with Crippen molar-refractivity contribution in [1.82, 2.24) is 25.1 Å². The zero-order valence-electron chi connectivity index (χ0n) is 14.2. The first kappa shape index (κ1) is 16.6. The van der Waals surface area contributed by atoms with Crippen molar-refractivity contribution < 1.29 is 9.21 Å². The molecule has 0 fully saturated rings. The second-order valence-corrected chi connectivity index (χ2v) is 5.30. The lowest BCUT2D eigenvalue weighted by molar-refractivity contribution is -0.125. The van der Waals surface area contributed by atoms with Gasteiger partial charge in [0.05, 0.1) is 6.26 Å². The Morgan fingerprint density at radius 2 is 1.92 bits per heavy atom. The van der Waals surface area contributed by atoms with Gasteiger partial charge >= 0.3 is 0 Å². The number of benzene rings is 1. The largest absolute Gasteiger partial charge is 0.465 e. The highest BCUT2D eigenvalue weighted by Gasteiger charge is 2.23. The van der Waals surface area contributed by atoms with Gasteiger partial charge in [-0.05, 0) is 36.4 Å². The Bertz CT molecular complexity index is 849. The van der Waals surface area contributed by atoms with Gasteiger partial charge in [0.1, 0.15) is 11.5 Å². The van der Waals surface area contributed by atoms with Crippen molar-refractivity contribution in [3.8, 4) is 11.4 Å². The van der Waals surface area contributed by atoms with E-state index in [0.717, 1.165) is 5.56 Å². The van der Waals surface area contributed by atoms with E-state index in [9.17, 15) is 4.79 Å². The number of rotatable bonds is 6. The molecule has 0 bridgehead atoms. The van der Waals surface area contributed by atoms with Crippen LogP contribution >= 0.6 is 0 Å². The van der Waals surface area contributed by atoms with Crippen molar-refractivity contribution in [2.75, 3.05) is 13.1 Å². The van der Waals surface area contributed by atoms with Crippen LogP contribution in [-0.4, -0.2) is 44.1 Å². The molecule has 3 aromatic rings. The summed E-state index contributed by atoms with van der Waals surface area (Å²) in [7, 11) is 0. The molecule has 0 aliphatic heterocycles. The second-order valence-electron chi connectivity index (χ2n) is 5.30. The Morgan fingerprint density at radius 3 is 2.56 bits per heavy atom. The van der Waals surface area contributed by atoms with Crippen molar-refractivity contribution in [1.29, 1.82) is 0 Å². The molecule has 0 aliphatic rings. The summed E-state index contributed by atoms with van der Waals surface area (Å²) in [6.07, 6.45) is 3.21. The molecule has 1 aromatic carbocycles. The van der Waals surface area contributed by atoms with Crippen LogP contribution in [0.5, 0.6) is 0 Å². The lowest BCUT2D eigenvalue weighted by Gasteiger charge is -2.20. The molecule has 0 unspecified atom stereocenters. The van der Waals surface area contributed by atoms with E-state index in [4.69, 9.17) is 4.42 Å². The van der Waals surface area contributed by atoms with Crippen LogP contribution in [0.1, 0.15) is 19.6 Å². The summed E-state index contributed by atoms with van der Waals surface area (Å²) in [5.41, 5.74) is 1.16. The monoisotopic (exact) mass is 337 g/mol. The third-order valence-corrected chi connectivity index (χ3v) is 3.82. The van der Waals surface area contributed by atoms with Crippen molar-refractivity contribution in [2.45, 2.75) is 13.8 Å². The summed E-state index contributed by atoms with van der Waals surface area (Å²) in [5, 5.41) is 11.9. The van der Waals surface area contributed by atoms with E-state index in [1.165, 1.54) is 4.68 Å². The van der Waals surface area contributed by atoms with Gasteiger partial charge in [-0.25, -0.2) is 0 Å². The van der Waals surface area contributed by atoms with Gasteiger partial charge in [-0.15, -0.1) is 5.10 Å². The first-order valence-corrected chi connectivity index (χ1v) is 8.13. The van der Waals surface area contributed by atoms with E-state index in [1.807, 2.05) is 44.2 Å². The molecule has 0 atom stereocenters. The van der Waals surface area contributed by atoms with Gasteiger partial charge in [-0.3, -0.25) is 4.79 Å². The summed E-state index contributed by atoms with van der Waals surface area (Å²) in [5.74, 6) is 0.898. The number of aromatic nitrogens is 4. The number of tetrazole rings is 1. The van der Waals surface area contributed by atoms with Gasteiger partial charge in [0.25, 0.3) is 5.91 Å². The Hall–Kier alpha value is -3.22.